The fourth-order valence-corrected chi connectivity index (χ4v) is 6.87. The van der Waals surface area contributed by atoms with Crippen LogP contribution in [-0.2, 0) is 14.3 Å². The topological polar surface area (TPSA) is 95.9 Å². The molecule has 2 amide bonds. The number of nitrogens with zero attached hydrogens (tertiary/aromatic N) is 1. The fourth-order valence-electron chi connectivity index (χ4n) is 5.35. The van der Waals surface area contributed by atoms with E-state index in [1.165, 1.54) is 11.1 Å². The van der Waals surface area contributed by atoms with Gasteiger partial charge in [0.25, 0.3) is 0 Å². The number of carboxylic acid groups (broad SMARTS) is 1. The van der Waals surface area contributed by atoms with Crippen molar-refractivity contribution in [3.8, 4) is 11.1 Å². The molecule has 2 fully saturated rings. The van der Waals surface area contributed by atoms with Crippen LogP contribution < -0.4 is 5.32 Å². The minimum absolute atomic E-state index is 0.000445. The third-order valence-corrected chi connectivity index (χ3v) is 8.62. The number of thioether (sulfide) groups is 1. The zero-order chi connectivity index (χ0) is 24.5. The number of hydrogen-bond donors (Lipinski definition) is 2. The van der Waals surface area contributed by atoms with Crippen molar-refractivity contribution in [3.63, 3.8) is 0 Å². The van der Waals surface area contributed by atoms with Crippen molar-refractivity contribution in [1.82, 2.24) is 10.2 Å². The third-order valence-electron chi connectivity index (χ3n) is 7.26. The highest BCUT2D eigenvalue weighted by Crippen LogP contribution is 2.45. The number of carbonyl (C=O) groups is 3. The summed E-state index contributed by atoms with van der Waals surface area (Å²) in [4.78, 5) is 38.8. The Balaban J connectivity index is 1.13. The summed E-state index contributed by atoms with van der Waals surface area (Å²) in [5.41, 5.74) is 4.68. The summed E-state index contributed by atoms with van der Waals surface area (Å²) in [6.07, 6.45) is 1.85. The molecule has 0 bridgehead atoms. The number of aliphatic carboxylic acids is 1. The molecule has 2 aliphatic carbocycles. The summed E-state index contributed by atoms with van der Waals surface area (Å²) in [7, 11) is 0. The van der Waals surface area contributed by atoms with Gasteiger partial charge < -0.3 is 20.1 Å². The van der Waals surface area contributed by atoms with Crippen molar-refractivity contribution in [2.24, 2.45) is 11.8 Å². The van der Waals surface area contributed by atoms with Crippen LogP contribution in [0.25, 0.3) is 11.1 Å². The first-order valence-corrected chi connectivity index (χ1v) is 13.3. The summed E-state index contributed by atoms with van der Waals surface area (Å²) >= 11 is 1.55. The summed E-state index contributed by atoms with van der Waals surface area (Å²) in [5.74, 6) is -0.826. The van der Waals surface area contributed by atoms with Crippen LogP contribution in [0.1, 0.15) is 43.2 Å². The molecule has 0 aromatic heterocycles. The van der Waals surface area contributed by atoms with Crippen LogP contribution in [-0.4, -0.2) is 58.3 Å². The Bertz CT molecular complexity index is 1090. The van der Waals surface area contributed by atoms with Gasteiger partial charge >= 0.3 is 12.1 Å². The zero-order valence-corrected chi connectivity index (χ0v) is 20.5. The van der Waals surface area contributed by atoms with Gasteiger partial charge in [0.1, 0.15) is 12.6 Å². The van der Waals surface area contributed by atoms with E-state index in [0.717, 1.165) is 24.0 Å². The Morgan fingerprint density at radius 1 is 1.09 bits per heavy atom. The molecule has 2 aromatic rings. The lowest BCUT2D eigenvalue weighted by molar-refractivity contribution is -0.149. The summed E-state index contributed by atoms with van der Waals surface area (Å²) in [6.45, 7) is 2.64. The SMILES string of the molecule is CCCC1SCC(C(=O)O)N1C(=O)[C@@H]1C[C@@H]1CNC(=O)OCC1c2ccccc2-c2ccccc21. The number of ether oxygens (including phenoxy) is 1. The molecule has 1 aliphatic heterocycles. The predicted molar refractivity (Wildman–Crippen MR) is 134 cm³/mol. The summed E-state index contributed by atoms with van der Waals surface area (Å²) in [6, 6.07) is 15.6. The number of nitrogens with one attached hydrogen (secondary N) is 1. The average molecular weight is 495 g/mol. The Labute approximate surface area is 209 Å². The monoisotopic (exact) mass is 494 g/mol. The van der Waals surface area contributed by atoms with Crippen molar-refractivity contribution in [3.05, 3.63) is 59.7 Å². The summed E-state index contributed by atoms with van der Waals surface area (Å²) < 4.78 is 5.58. The molecule has 184 valence electrons. The van der Waals surface area contributed by atoms with E-state index < -0.39 is 18.1 Å². The van der Waals surface area contributed by atoms with E-state index in [2.05, 4.69) is 29.6 Å². The molecule has 2 N–H and O–H groups in total. The molecule has 8 heteroatoms. The number of rotatable bonds is 8. The fraction of sp³-hybridized carbons (Fsp3) is 0.444. The first kappa shape index (κ1) is 23.7. The van der Waals surface area contributed by atoms with Crippen molar-refractivity contribution in [2.75, 3.05) is 18.9 Å². The lowest BCUT2D eigenvalue weighted by Crippen LogP contribution is -2.46. The maximum atomic E-state index is 13.1. The molecule has 1 saturated heterocycles. The zero-order valence-electron chi connectivity index (χ0n) is 19.7. The van der Waals surface area contributed by atoms with Gasteiger partial charge in [-0.2, -0.15) is 0 Å². The van der Waals surface area contributed by atoms with Crippen LogP contribution in [0, 0.1) is 11.8 Å². The number of benzene rings is 2. The van der Waals surface area contributed by atoms with Crippen LogP contribution in [0.4, 0.5) is 4.79 Å². The van der Waals surface area contributed by atoms with Gasteiger partial charge in [-0.3, -0.25) is 4.79 Å². The number of amides is 2. The van der Waals surface area contributed by atoms with E-state index >= 15 is 0 Å². The molecule has 2 aromatic carbocycles. The molecule has 2 unspecified atom stereocenters. The van der Waals surface area contributed by atoms with Crippen LogP contribution in [0.3, 0.4) is 0 Å². The van der Waals surface area contributed by atoms with E-state index in [0.29, 0.717) is 18.7 Å². The smallest absolute Gasteiger partial charge is 0.407 e. The second-order valence-corrected chi connectivity index (χ2v) is 10.7. The van der Waals surface area contributed by atoms with Gasteiger partial charge in [-0.1, -0.05) is 61.9 Å². The Hall–Kier alpha value is -3.00. The van der Waals surface area contributed by atoms with E-state index in [1.807, 2.05) is 31.2 Å². The van der Waals surface area contributed by atoms with Gasteiger partial charge in [0.2, 0.25) is 5.91 Å². The van der Waals surface area contributed by atoms with Crippen molar-refractivity contribution in [1.29, 1.82) is 0 Å². The second kappa shape index (κ2) is 9.93. The van der Waals surface area contributed by atoms with Crippen molar-refractivity contribution in [2.45, 2.75) is 43.5 Å². The molecule has 0 radical (unpaired) electrons. The van der Waals surface area contributed by atoms with Gasteiger partial charge in [-0.25, -0.2) is 9.59 Å². The number of fused-ring (bicyclic) bond motifs is 3. The van der Waals surface area contributed by atoms with Gasteiger partial charge in [-0.15, -0.1) is 11.8 Å². The predicted octanol–water partition coefficient (Wildman–Crippen LogP) is 4.32. The number of alkyl carbamates (subject to hydrolysis) is 1. The largest absolute Gasteiger partial charge is 0.480 e. The molecular weight excluding hydrogens is 464 g/mol. The van der Waals surface area contributed by atoms with Gasteiger partial charge in [0, 0.05) is 24.1 Å². The Morgan fingerprint density at radius 2 is 1.74 bits per heavy atom. The summed E-state index contributed by atoms with van der Waals surface area (Å²) in [5, 5.41) is 12.3. The first-order valence-electron chi connectivity index (χ1n) is 12.2. The minimum atomic E-state index is -0.946. The highest BCUT2D eigenvalue weighted by atomic mass is 32.2. The van der Waals surface area contributed by atoms with E-state index in [4.69, 9.17) is 4.74 Å². The Morgan fingerprint density at radius 3 is 2.37 bits per heavy atom. The van der Waals surface area contributed by atoms with Gasteiger partial charge in [0.15, 0.2) is 0 Å². The van der Waals surface area contributed by atoms with Gasteiger partial charge in [0.05, 0.1) is 5.37 Å². The molecule has 7 nitrogen and oxygen atoms in total. The van der Waals surface area contributed by atoms with Crippen molar-refractivity contribution < 1.29 is 24.2 Å². The molecular formula is C27H30N2O5S. The maximum Gasteiger partial charge on any atom is 0.407 e. The molecule has 3 aliphatic rings. The maximum absolute atomic E-state index is 13.1. The van der Waals surface area contributed by atoms with Gasteiger partial charge in [-0.05, 0) is 41.0 Å². The van der Waals surface area contributed by atoms with E-state index in [9.17, 15) is 19.5 Å². The van der Waals surface area contributed by atoms with Crippen molar-refractivity contribution >= 4 is 29.7 Å². The number of carbonyl (C=O) groups excluding carboxylic acids is 2. The third kappa shape index (κ3) is 4.63. The Kier molecular flexibility index (Phi) is 6.73. The molecule has 1 saturated carbocycles. The van der Waals surface area contributed by atoms with Crippen LogP contribution in [0.15, 0.2) is 48.5 Å². The molecule has 35 heavy (non-hydrogen) atoms. The second-order valence-electron chi connectivity index (χ2n) is 9.48. The molecule has 0 spiro atoms. The molecule has 1 heterocycles. The van der Waals surface area contributed by atoms with Crippen LogP contribution in [0.2, 0.25) is 0 Å². The lowest BCUT2D eigenvalue weighted by atomic mass is 9.98. The lowest BCUT2D eigenvalue weighted by Gasteiger charge is -2.27. The quantitative estimate of drug-likeness (QED) is 0.568. The van der Waals surface area contributed by atoms with Crippen LogP contribution in [0.5, 0.6) is 0 Å². The van der Waals surface area contributed by atoms with Crippen LogP contribution >= 0.6 is 11.8 Å². The van der Waals surface area contributed by atoms with E-state index in [-0.39, 0.29) is 35.6 Å². The first-order chi connectivity index (χ1) is 17.0. The highest BCUT2D eigenvalue weighted by Gasteiger charge is 2.50. The molecule has 4 atom stereocenters. The molecule has 5 rings (SSSR count). The number of carboxylic acids is 1. The minimum Gasteiger partial charge on any atom is -0.480 e. The average Bonchev–Trinajstić information content (AvgIpc) is 3.41. The van der Waals surface area contributed by atoms with E-state index in [1.54, 1.807) is 16.7 Å². The number of hydrogen-bond acceptors (Lipinski definition) is 5. The standard InChI is InChI=1S/C27H30N2O5S/c1-2-7-24-29(23(15-35-24)26(31)32)25(30)21-12-16(21)13-28-27(33)34-14-22-19-10-5-3-8-17(19)18-9-4-6-11-20(18)22/h3-6,8-11,16,21-24H,2,7,12-15H2,1H3,(H,28,33)(H,31,32)/t16-,21-,23?,24?/m1/s1. The normalized spacial score (nSPS) is 24.5. The highest BCUT2D eigenvalue weighted by molar-refractivity contribution is 8.00.